The van der Waals surface area contributed by atoms with Gasteiger partial charge in [-0.25, -0.2) is 8.42 Å². The van der Waals surface area contributed by atoms with Gasteiger partial charge in [-0.2, -0.15) is 4.31 Å². The van der Waals surface area contributed by atoms with E-state index in [0.717, 1.165) is 15.4 Å². The number of nitrogens with one attached hydrogen (secondary N) is 1. The first kappa shape index (κ1) is 23.7. The fourth-order valence-electron chi connectivity index (χ4n) is 3.51. The van der Waals surface area contributed by atoms with E-state index in [0.29, 0.717) is 22.6 Å². The van der Waals surface area contributed by atoms with Gasteiger partial charge in [0.1, 0.15) is 0 Å². The van der Waals surface area contributed by atoms with Crippen LogP contribution < -0.4 is 14.8 Å². The minimum absolute atomic E-state index is 0.247. The summed E-state index contributed by atoms with van der Waals surface area (Å²) < 4.78 is 37.7. The van der Waals surface area contributed by atoms with Crippen LogP contribution in [0.25, 0.3) is 0 Å². The number of carbonyl (C=O) groups excluding carboxylic acids is 1. The van der Waals surface area contributed by atoms with Gasteiger partial charge in [-0.05, 0) is 56.5 Å². The van der Waals surface area contributed by atoms with Crippen LogP contribution in [0.3, 0.4) is 0 Å². The van der Waals surface area contributed by atoms with Crippen molar-refractivity contribution < 1.29 is 22.7 Å². The molecule has 0 spiro atoms. The maximum absolute atomic E-state index is 13.0. The Morgan fingerprint density at radius 3 is 2.13 bits per heavy atom. The van der Waals surface area contributed by atoms with Crippen molar-refractivity contribution in [1.29, 1.82) is 0 Å². The molecular weight excluding hydrogens is 404 g/mol. The molecule has 0 unspecified atom stereocenters. The van der Waals surface area contributed by atoms with Gasteiger partial charge in [0, 0.05) is 7.05 Å². The number of ether oxygens (including phenoxy) is 2. The largest absolute Gasteiger partial charge is 0.493 e. The molecule has 0 bridgehead atoms. The summed E-state index contributed by atoms with van der Waals surface area (Å²) in [6.45, 7) is 6.98. The lowest BCUT2D eigenvalue weighted by Crippen LogP contribution is -2.39. The Bertz CT molecular complexity index is 1010. The highest BCUT2D eigenvalue weighted by molar-refractivity contribution is 7.89. The van der Waals surface area contributed by atoms with Gasteiger partial charge in [-0.3, -0.25) is 4.79 Å². The van der Waals surface area contributed by atoms with Gasteiger partial charge in [0.2, 0.25) is 15.9 Å². The van der Waals surface area contributed by atoms with E-state index in [2.05, 4.69) is 5.32 Å². The molecule has 1 atom stereocenters. The maximum Gasteiger partial charge on any atom is 0.243 e. The lowest BCUT2D eigenvalue weighted by atomic mass is 10.1. The van der Waals surface area contributed by atoms with Crippen molar-refractivity contribution in [2.75, 3.05) is 27.8 Å². The Hall–Kier alpha value is -2.58. The van der Waals surface area contributed by atoms with Gasteiger partial charge in [0.05, 0.1) is 31.7 Å². The second-order valence-corrected chi connectivity index (χ2v) is 9.37. The molecule has 8 heteroatoms. The molecule has 30 heavy (non-hydrogen) atoms. The third-order valence-corrected chi connectivity index (χ3v) is 7.03. The van der Waals surface area contributed by atoms with E-state index in [1.807, 2.05) is 32.0 Å². The minimum Gasteiger partial charge on any atom is -0.493 e. The summed E-state index contributed by atoms with van der Waals surface area (Å²) in [5, 5.41) is 2.84. The van der Waals surface area contributed by atoms with E-state index in [4.69, 9.17) is 9.47 Å². The molecule has 0 heterocycles. The van der Waals surface area contributed by atoms with Crippen molar-refractivity contribution in [3.8, 4) is 11.5 Å². The van der Waals surface area contributed by atoms with Crippen molar-refractivity contribution in [2.24, 2.45) is 0 Å². The van der Waals surface area contributed by atoms with Gasteiger partial charge in [0.15, 0.2) is 11.5 Å². The molecule has 0 aliphatic rings. The summed E-state index contributed by atoms with van der Waals surface area (Å²) >= 11 is 0. The molecule has 2 aromatic carbocycles. The molecule has 0 aliphatic heterocycles. The van der Waals surface area contributed by atoms with Gasteiger partial charge >= 0.3 is 0 Å². The lowest BCUT2D eigenvalue weighted by molar-refractivity contribution is -0.121. The summed E-state index contributed by atoms with van der Waals surface area (Å²) in [6, 6.07) is 8.68. The van der Waals surface area contributed by atoms with Crippen LogP contribution in [0.2, 0.25) is 0 Å². The topological polar surface area (TPSA) is 84.9 Å². The number of methoxy groups -OCH3 is 2. The highest BCUT2D eigenvalue weighted by Crippen LogP contribution is 2.30. The van der Waals surface area contributed by atoms with Crippen LogP contribution in [0.5, 0.6) is 11.5 Å². The zero-order valence-corrected chi connectivity index (χ0v) is 19.4. The van der Waals surface area contributed by atoms with Crippen LogP contribution in [-0.4, -0.2) is 46.4 Å². The number of aryl methyl sites for hydroxylation is 3. The lowest BCUT2D eigenvalue weighted by Gasteiger charge is -2.22. The minimum atomic E-state index is -3.80. The van der Waals surface area contributed by atoms with Crippen LogP contribution in [0, 0.1) is 20.8 Å². The first-order valence-electron chi connectivity index (χ1n) is 9.56. The average molecular weight is 435 g/mol. The predicted molar refractivity (Wildman–Crippen MR) is 117 cm³/mol. The molecule has 0 saturated heterocycles. The Morgan fingerprint density at radius 1 is 1.03 bits per heavy atom. The monoisotopic (exact) mass is 434 g/mol. The smallest absolute Gasteiger partial charge is 0.243 e. The molecule has 0 aliphatic carbocycles. The van der Waals surface area contributed by atoms with Crippen LogP contribution in [0.1, 0.15) is 35.2 Å². The number of nitrogens with zero attached hydrogens (tertiary/aromatic N) is 1. The van der Waals surface area contributed by atoms with Crippen molar-refractivity contribution in [3.05, 3.63) is 52.6 Å². The third-order valence-electron chi connectivity index (χ3n) is 4.92. The van der Waals surface area contributed by atoms with Crippen molar-refractivity contribution in [3.63, 3.8) is 0 Å². The molecule has 0 aromatic heterocycles. The Morgan fingerprint density at radius 2 is 1.60 bits per heavy atom. The van der Waals surface area contributed by atoms with Crippen LogP contribution in [-0.2, 0) is 14.8 Å². The zero-order valence-electron chi connectivity index (χ0n) is 18.6. The quantitative estimate of drug-likeness (QED) is 0.690. The Labute approximate surface area is 179 Å². The standard InChI is InChI=1S/C22H30N2O5S/c1-14-10-15(2)22(16(3)11-14)30(26,27)24(5)13-21(25)23-17(4)18-8-9-19(28-6)20(12-18)29-7/h8-12,17H,13H2,1-7H3,(H,23,25)/t17-/m1/s1. The number of likely N-dealkylation sites (N-methyl/N-ethyl adjacent to an activating group) is 1. The zero-order chi connectivity index (χ0) is 22.6. The van der Waals surface area contributed by atoms with Crippen LogP contribution >= 0.6 is 0 Å². The fourth-order valence-corrected chi connectivity index (χ4v) is 5.04. The first-order valence-corrected chi connectivity index (χ1v) is 11.0. The molecule has 1 amide bonds. The summed E-state index contributed by atoms with van der Waals surface area (Å²) in [5.74, 6) is 0.751. The van der Waals surface area contributed by atoms with E-state index in [9.17, 15) is 13.2 Å². The number of sulfonamides is 1. The van der Waals surface area contributed by atoms with Gasteiger partial charge in [0.25, 0.3) is 0 Å². The second-order valence-electron chi connectivity index (χ2n) is 7.39. The van der Waals surface area contributed by atoms with E-state index >= 15 is 0 Å². The van der Waals surface area contributed by atoms with Gasteiger partial charge in [-0.1, -0.05) is 23.8 Å². The maximum atomic E-state index is 13.0. The number of benzene rings is 2. The Kier molecular flexibility index (Phi) is 7.49. The molecule has 164 valence electrons. The van der Waals surface area contributed by atoms with Crippen molar-refractivity contribution in [1.82, 2.24) is 9.62 Å². The fraction of sp³-hybridized carbons (Fsp3) is 0.409. The summed E-state index contributed by atoms with van der Waals surface area (Å²) in [4.78, 5) is 12.8. The predicted octanol–water partition coefficient (Wildman–Crippen LogP) is 3.13. The second kappa shape index (κ2) is 9.49. The molecule has 1 N–H and O–H groups in total. The summed E-state index contributed by atoms with van der Waals surface area (Å²) in [5.41, 5.74) is 3.14. The SMILES string of the molecule is COc1ccc([C@@H](C)NC(=O)CN(C)S(=O)(=O)c2c(C)cc(C)cc2C)cc1OC. The third kappa shape index (κ3) is 5.12. The highest BCUT2D eigenvalue weighted by Gasteiger charge is 2.27. The number of amides is 1. The first-order chi connectivity index (χ1) is 14.0. The normalized spacial score (nSPS) is 12.5. The molecule has 0 saturated carbocycles. The molecule has 2 aromatic rings. The van der Waals surface area contributed by atoms with E-state index in [-0.39, 0.29) is 17.5 Å². The highest BCUT2D eigenvalue weighted by atomic mass is 32.2. The number of hydrogen-bond donors (Lipinski definition) is 1. The molecule has 2 rings (SSSR count). The van der Waals surface area contributed by atoms with Crippen molar-refractivity contribution in [2.45, 2.75) is 38.6 Å². The van der Waals surface area contributed by atoms with E-state index in [1.54, 1.807) is 40.2 Å². The number of hydrogen-bond acceptors (Lipinski definition) is 5. The molecule has 7 nitrogen and oxygen atoms in total. The summed E-state index contributed by atoms with van der Waals surface area (Å²) in [7, 11) is 0.709. The molecule has 0 radical (unpaired) electrons. The molecular formula is C22H30N2O5S. The summed E-state index contributed by atoms with van der Waals surface area (Å²) in [6.07, 6.45) is 0. The average Bonchev–Trinajstić information content (AvgIpc) is 2.65. The van der Waals surface area contributed by atoms with E-state index in [1.165, 1.54) is 7.05 Å². The van der Waals surface area contributed by atoms with Crippen molar-refractivity contribution >= 4 is 15.9 Å². The van der Waals surface area contributed by atoms with Crippen LogP contribution in [0.4, 0.5) is 0 Å². The molecule has 0 fully saturated rings. The Balaban J connectivity index is 2.14. The number of rotatable bonds is 8. The van der Waals surface area contributed by atoms with E-state index < -0.39 is 15.9 Å². The van der Waals surface area contributed by atoms with Gasteiger partial charge < -0.3 is 14.8 Å². The van der Waals surface area contributed by atoms with Gasteiger partial charge in [-0.15, -0.1) is 0 Å². The number of carbonyl (C=O) groups is 1. The van der Waals surface area contributed by atoms with Crippen LogP contribution in [0.15, 0.2) is 35.2 Å².